The van der Waals surface area contributed by atoms with Crippen LogP contribution in [0.3, 0.4) is 0 Å². The minimum Gasteiger partial charge on any atom is -0.359 e. The summed E-state index contributed by atoms with van der Waals surface area (Å²) in [5.41, 5.74) is 1.54. The zero-order valence-corrected chi connectivity index (χ0v) is 24.5. The van der Waals surface area contributed by atoms with Gasteiger partial charge in [0, 0.05) is 13.5 Å². The largest absolute Gasteiger partial charge is 0.359 e. The molecular weight excluding hydrogens is 509 g/mol. The van der Waals surface area contributed by atoms with Crippen LogP contribution in [0.5, 0.6) is 0 Å². The lowest BCUT2D eigenvalue weighted by Crippen LogP contribution is -2.37. The van der Waals surface area contributed by atoms with Crippen molar-refractivity contribution in [3.05, 3.63) is 35.9 Å². The van der Waals surface area contributed by atoms with E-state index < -0.39 is 21.6 Å². The van der Waals surface area contributed by atoms with Gasteiger partial charge in [-0.2, -0.15) is 0 Å². The molecule has 1 heterocycles. The number of benzene rings is 1. The Balaban J connectivity index is 1.42. The Bertz CT molecular complexity index is 1170. The molecule has 206 valence electrons. The number of fused-ring (bicyclic) bond motifs is 2. The van der Waals surface area contributed by atoms with Crippen molar-refractivity contribution in [1.82, 2.24) is 4.98 Å². The molecule has 2 aromatic rings. The number of aromatic nitrogens is 1. The van der Waals surface area contributed by atoms with E-state index in [2.05, 4.69) is 18.8 Å². The number of rotatable bonds is 11. The van der Waals surface area contributed by atoms with Crippen LogP contribution in [0.2, 0.25) is 0 Å². The number of ether oxygens (including phenoxy) is 2. The second-order valence-electron chi connectivity index (χ2n) is 11.9. The van der Waals surface area contributed by atoms with Gasteiger partial charge in [-0.3, -0.25) is 0 Å². The molecule has 5 nitrogen and oxygen atoms in total. The van der Waals surface area contributed by atoms with Gasteiger partial charge in [0.25, 0.3) is 0 Å². The molecule has 0 N–H and O–H groups in total. The number of alkyl halides is 1. The number of methoxy groups -OCH3 is 1. The standard InChI is InChI=1S/C29H42FNO4S2/c1-20(17-22(30)18-28(2,3)35-19-34-5)23-12-13-24-21(9-8-15-29(23,24)4)14-16-37(32,33)27-31-25-10-6-7-11-26(25)36-27/h6-7,10-11,14,20,22-24H,8-9,12-13,15-19H2,1-5H3/t20-,22+,23-,24+,29-/m1/s1. The van der Waals surface area contributed by atoms with E-state index in [0.29, 0.717) is 24.7 Å². The first-order valence-corrected chi connectivity index (χ1v) is 16.0. The van der Waals surface area contributed by atoms with Gasteiger partial charge in [-0.15, -0.1) is 11.3 Å². The molecule has 2 aliphatic rings. The van der Waals surface area contributed by atoms with Crippen LogP contribution in [-0.4, -0.2) is 44.8 Å². The highest BCUT2D eigenvalue weighted by atomic mass is 32.2. The Morgan fingerprint density at radius 1 is 1.30 bits per heavy atom. The maximum atomic E-state index is 15.1. The third-order valence-electron chi connectivity index (χ3n) is 8.74. The first kappa shape index (κ1) is 28.7. The van der Waals surface area contributed by atoms with E-state index in [9.17, 15) is 8.42 Å². The van der Waals surface area contributed by atoms with Crippen molar-refractivity contribution in [2.45, 2.75) is 88.8 Å². The van der Waals surface area contributed by atoms with Gasteiger partial charge in [-0.05, 0) is 87.7 Å². The third-order valence-corrected chi connectivity index (χ3v) is 11.8. The smallest absolute Gasteiger partial charge is 0.210 e. The van der Waals surface area contributed by atoms with E-state index in [-0.39, 0.29) is 28.2 Å². The predicted octanol–water partition coefficient (Wildman–Crippen LogP) is 7.37. The number of nitrogens with zero attached hydrogens (tertiary/aromatic N) is 1. The molecule has 0 aliphatic heterocycles. The van der Waals surface area contributed by atoms with Crippen molar-refractivity contribution in [3.63, 3.8) is 0 Å². The summed E-state index contributed by atoms with van der Waals surface area (Å²) in [5, 5.41) is 0. The van der Waals surface area contributed by atoms with Crippen LogP contribution in [0.15, 0.2) is 40.3 Å². The number of para-hydroxylation sites is 1. The Labute approximate surface area is 225 Å². The molecule has 0 radical (unpaired) electrons. The summed E-state index contributed by atoms with van der Waals surface area (Å²) in [4.78, 5) is 4.38. The highest BCUT2D eigenvalue weighted by molar-refractivity contribution is 7.93. The van der Waals surface area contributed by atoms with Gasteiger partial charge in [-0.25, -0.2) is 17.8 Å². The monoisotopic (exact) mass is 551 g/mol. The maximum absolute atomic E-state index is 15.1. The van der Waals surface area contributed by atoms with E-state index in [1.807, 2.05) is 44.2 Å². The molecule has 1 aromatic carbocycles. The molecule has 1 aromatic heterocycles. The quantitative estimate of drug-likeness (QED) is 0.216. The zero-order chi connectivity index (χ0) is 26.8. The van der Waals surface area contributed by atoms with E-state index in [1.54, 1.807) is 7.11 Å². The number of halogens is 1. The first-order chi connectivity index (χ1) is 17.4. The van der Waals surface area contributed by atoms with Crippen molar-refractivity contribution < 1.29 is 22.3 Å². The summed E-state index contributed by atoms with van der Waals surface area (Å²) in [6, 6.07) is 7.54. The van der Waals surface area contributed by atoms with Gasteiger partial charge in [-0.1, -0.05) is 37.6 Å². The van der Waals surface area contributed by atoms with Gasteiger partial charge in [0.2, 0.25) is 14.2 Å². The number of hydrogen-bond acceptors (Lipinski definition) is 6. The fourth-order valence-electron chi connectivity index (χ4n) is 6.99. The maximum Gasteiger partial charge on any atom is 0.210 e. The summed E-state index contributed by atoms with van der Waals surface area (Å²) in [6.45, 7) is 8.55. The SMILES string of the molecule is COCOC(C)(C)C[C@@H](F)C[C@@H](C)[C@H]1CC[C@H]2C(=CCS(=O)(=O)c3nc4ccccc4s3)CCC[C@]12C. The van der Waals surface area contributed by atoms with Crippen molar-refractivity contribution in [1.29, 1.82) is 0 Å². The summed E-state index contributed by atoms with van der Waals surface area (Å²) < 4.78 is 53.2. The highest BCUT2D eigenvalue weighted by Gasteiger charge is 2.51. The minimum absolute atomic E-state index is 0.00192. The number of hydrogen-bond donors (Lipinski definition) is 0. The second kappa shape index (κ2) is 11.4. The van der Waals surface area contributed by atoms with Crippen molar-refractivity contribution in [2.24, 2.45) is 23.2 Å². The third kappa shape index (κ3) is 6.45. The zero-order valence-electron chi connectivity index (χ0n) is 22.8. The van der Waals surface area contributed by atoms with Gasteiger partial charge in [0.15, 0.2) is 0 Å². The van der Waals surface area contributed by atoms with Crippen LogP contribution >= 0.6 is 11.3 Å². The Hall–Kier alpha value is -1.35. The molecule has 0 saturated heterocycles. The van der Waals surface area contributed by atoms with Crippen LogP contribution in [0, 0.1) is 23.2 Å². The molecule has 0 spiro atoms. The van der Waals surface area contributed by atoms with E-state index in [1.165, 1.54) is 16.9 Å². The van der Waals surface area contributed by atoms with E-state index >= 15 is 4.39 Å². The predicted molar refractivity (Wildman–Crippen MR) is 148 cm³/mol. The summed E-state index contributed by atoms with van der Waals surface area (Å²) in [5.74, 6) is 1.06. The van der Waals surface area contributed by atoms with Gasteiger partial charge in [0.1, 0.15) is 13.0 Å². The second-order valence-corrected chi connectivity index (χ2v) is 15.2. The van der Waals surface area contributed by atoms with E-state index in [0.717, 1.165) is 42.3 Å². The molecule has 8 heteroatoms. The molecule has 2 saturated carbocycles. The lowest BCUT2D eigenvalue weighted by Gasteiger charge is -2.44. The molecule has 2 fully saturated rings. The fourth-order valence-corrected chi connectivity index (χ4v) is 9.48. The average molecular weight is 552 g/mol. The van der Waals surface area contributed by atoms with Crippen LogP contribution in [0.4, 0.5) is 4.39 Å². The normalized spacial score (nSPS) is 27.5. The Morgan fingerprint density at radius 3 is 2.78 bits per heavy atom. The number of sulfone groups is 1. The van der Waals surface area contributed by atoms with Crippen molar-refractivity contribution >= 4 is 31.4 Å². The minimum atomic E-state index is -3.48. The van der Waals surface area contributed by atoms with Crippen LogP contribution < -0.4 is 0 Å². The van der Waals surface area contributed by atoms with Crippen molar-refractivity contribution in [3.8, 4) is 0 Å². The summed E-state index contributed by atoms with van der Waals surface area (Å²) in [7, 11) is -1.90. The topological polar surface area (TPSA) is 65.5 Å². The molecule has 2 aliphatic carbocycles. The van der Waals surface area contributed by atoms with Gasteiger partial charge in [0.05, 0.1) is 21.6 Å². The number of allylic oxidation sites excluding steroid dienone is 1. The first-order valence-electron chi connectivity index (χ1n) is 13.5. The van der Waals surface area contributed by atoms with Crippen LogP contribution in [-0.2, 0) is 19.3 Å². The molecule has 37 heavy (non-hydrogen) atoms. The summed E-state index contributed by atoms with van der Waals surface area (Å²) in [6.07, 6.45) is 7.17. The van der Waals surface area contributed by atoms with Crippen LogP contribution in [0.25, 0.3) is 10.2 Å². The molecule has 0 unspecified atom stereocenters. The lowest BCUT2D eigenvalue weighted by atomic mass is 9.60. The van der Waals surface area contributed by atoms with Gasteiger partial charge < -0.3 is 9.47 Å². The molecule has 0 bridgehead atoms. The van der Waals surface area contributed by atoms with Crippen molar-refractivity contribution in [2.75, 3.05) is 19.7 Å². The fraction of sp³-hybridized carbons (Fsp3) is 0.690. The lowest BCUT2D eigenvalue weighted by molar-refractivity contribution is -0.124. The van der Waals surface area contributed by atoms with Crippen LogP contribution in [0.1, 0.15) is 72.6 Å². The Kier molecular flexibility index (Phi) is 8.83. The summed E-state index contributed by atoms with van der Waals surface area (Å²) >= 11 is 1.25. The molecule has 4 rings (SSSR count). The van der Waals surface area contributed by atoms with E-state index in [4.69, 9.17) is 9.47 Å². The molecule has 5 atom stereocenters. The van der Waals surface area contributed by atoms with Gasteiger partial charge >= 0.3 is 0 Å². The molecular formula is C29H42FNO4S2. The molecule has 0 amide bonds. The number of thiazole rings is 1. The Morgan fingerprint density at radius 2 is 2.05 bits per heavy atom. The average Bonchev–Trinajstić information content (AvgIpc) is 3.43. The highest BCUT2D eigenvalue weighted by Crippen LogP contribution is 2.60.